The second kappa shape index (κ2) is 5.49. The maximum Gasteiger partial charge on any atom is 0.337 e. The first kappa shape index (κ1) is 12.4. The molecule has 0 radical (unpaired) electrons. The lowest BCUT2D eigenvalue weighted by atomic mass is 10.1. The zero-order chi connectivity index (χ0) is 12.3. The third-order valence-electron chi connectivity index (χ3n) is 3.35. The van der Waals surface area contributed by atoms with Gasteiger partial charge in [0.1, 0.15) is 0 Å². The highest BCUT2D eigenvalue weighted by Gasteiger charge is 2.22. The highest BCUT2D eigenvalue weighted by molar-refractivity contribution is 7.80. The average Bonchev–Trinajstić information content (AvgIpc) is 2.78. The van der Waals surface area contributed by atoms with E-state index in [0.29, 0.717) is 29.8 Å². The molecule has 0 amide bonds. The number of hydrogen-bond donors (Lipinski definition) is 2. The topological polar surface area (TPSA) is 50.4 Å². The quantitative estimate of drug-likeness (QED) is 0.590. The van der Waals surface area contributed by atoms with Gasteiger partial charge in [0, 0.05) is 5.70 Å². The van der Waals surface area contributed by atoms with Crippen molar-refractivity contribution in [2.45, 2.75) is 32.6 Å². The van der Waals surface area contributed by atoms with Crippen LogP contribution in [0.4, 0.5) is 0 Å². The van der Waals surface area contributed by atoms with Gasteiger partial charge in [-0.2, -0.15) is 0 Å². The smallest absolute Gasteiger partial charge is 0.337 e. The molecule has 0 saturated heterocycles. The largest absolute Gasteiger partial charge is 0.462 e. The van der Waals surface area contributed by atoms with E-state index in [2.05, 4.69) is 10.6 Å². The highest BCUT2D eigenvalue weighted by Crippen LogP contribution is 2.25. The number of rotatable bonds is 3. The van der Waals surface area contributed by atoms with E-state index in [1.54, 1.807) is 0 Å². The van der Waals surface area contributed by atoms with Crippen LogP contribution in [0.5, 0.6) is 0 Å². The second-order valence-corrected chi connectivity index (χ2v) is 5.07. The van der Waals surface area contributed by atoms with Crippen molar-refractivity contribution in [3.05, 3.63) is 11.3 Å². The molecule has 1 aliphatic heterocycles. The summed E-state index contributed by atoms with van der Waals surface area (Å²) in [5.41, 5.74) is 1.45. The van der Waals surface area contributed by atoms with Crippen LogP contribution in [0.3, 0.4) is 0 Å². The number of carbonyl (C=O) groups is 1. The summed E-state index contributed by atoms with van der Waals surface area (Å²) in [7, 11) is 0. The fourth-order valence-corrected chi connectivity index (χ4v) is 2.50. The van der Waals surface area contributed by atoms with Gasteiger partial charge in [-0.25, -0.2) is 4.79 Å². The monoisotopic (exact) mass is 254 g/mol. The third-order valence-corrected chi connectivity index (χ3v) is 3.60. The van der Waals surface area contributed by atoms with Crippen LogP contribution >= 0.6 is 12.2 Å². The zero-order valence-electron chi connectivity index (χ0n) is 10.0. The van der Waals surface area contributed by atoms with Crippen LogP contribution in [0.15, 0.2) is 11.3 Å². The van der Waals surface area contributed by atoms with Gasteiger partial charge in [-0.1, -0.05) is 12.8 Å². The molecule has 0 aromatic carbocycles. The van der Waals surface area contributed by atoms with Crippen LogP contribution in [0.1, 0.15) is 32.6 Å². The van der Waals surface area contributed by atoms with Crippen molar-refractivity contribution >= 4 is 23.3 Å². The van der Waals surface area contributed by atoms with Gasteiger partial charge in [0.25, 0.3) is 0 Å². The van der Waals surface area contributed by atoms with Crippen LogP contribution < -0.4 is 10.6 Å². The molecular weight excluding hydrogens is 236 g/mol. The molecule has 0 unspecified atom stereocenters. The van der Waals surface area contributed by atoms with Crippen LogP contribution in [0, 0.1) is 5.92 Å². The number of thiocarbonyl (C=S) groups is 1. The molecule has 4 nitrogen and oxygen atoms in total. The van der Waals surface area contributed by atoms with Crippen molar-refractivity contribution < 1.29 is 9.53 Å². The molecular formula is C12H18N2O2S. The minimum Gasteiger partial charge on any atom is -0.462 e. The predicted molar refractivity (Wildman–Crippen MR) is 69.4 cm³/mol. The highest BCUT2D eigenvalue weighted by atomic mass is 32.1. The van der Waals surface area contributed by atoms with Crippen LogP contribution in [-0.4, -0.2) is 24.2 Å². The minimum absolute atomic E-state index is 0.225. The second-order valence-electron chi connectivity index (χ2n) is 4.66. The Morgan fingerprint density at radius 1 is 1.47 bits per heavy atom. The Morgan fingerprint density at radius 2 is 2.18 bits per heavy atom. The maximum absolute atomic E-state index is 11.9. The predicted octanol–water partition coefficient (Wildman–Crippen LogP) is 1.47. The van der Waals surface area contributed by atoms with E-state index in [-0.39, 0.29) is 5.97 Å². The van der Waals surface area contributed by atoms with Crippen molar-refractivity contribution in [3.63, 3.8) is 0 Å². The molecule has 0 spiro atoms. The number of esters is 1. The molecule has 1 saturated carbocycles. The van der Waals surface area contributed by atoms with E-state index < -0.39 is 0 Å². The first-order valence-corrected chi connectivity index (χ1v) is 6.49. The number of hydrogen-bond acceptors (Lipinski definition) is 3. The molecule has 2 N–H and O–H groups in total. The fraction of sp³-hybridized carbons (Fsp3) is 0.667. The van der Waals surface area contributed by atoms with E-state index >= 15 is 0 Å². The molecule has 2 rings (SSSR count). The number of allylic oxidation sites excluding steroid dienone is 1. The fourth-order valence-electron chi connectivity index (χ4n) is 2.27. The van der Waals surface area contributed by atoms with Crippen LogP contribution in [0.25, 0.3) is 0 Å². The summed E-state index contributed by atoms with van der Waals surface area (Å²) in [6, 6.07) is 0. The first-order chi connectivity index (χ1) is 8.16. The van der Waals surface area contributed by atoms with Gasteiger partial charge in [0.15, 0.2) is 5.11 Å². The van der Waals surface area contributed by atoms with Gasteiger partial charge in [-0.15, -0.1) is 0 Å². The van der Waals surface area contributed by atoms with Crippen molar-refractivity contribution in [3.8, 4) is 0 Å². The van der Waals surface area contributed by atoms with Crippen molar-refractivity contribution in [2.24, 2.45) is 5.92 Å². The molecule has 0 aromatic rings. The zero-order valence-corrected chi connectivity index (χ0v) is 10.9. The first-order valence-electron chi connectivity index (χ1n) is 6.08. The summed E-state index contributed by atoms with van der Waals surface area (Å²) >= 11 is 4.97. The van der Waals surface area contributed by atoms with Crippen molar-refractivity contribution in [1.82, 2.24) is 10.6 Å². The van der Waals surface area contributed by atoms with Gasteiger partial charge in [0.2, 0.25) is 0 Å². The summed E-state index contributed by atoms with van der Waals surface area (Å²) in [4.78, 5) is 11.9. The molecule has 5 heteroatoms. The molecule has 0 aromatic heterocycles. The molecule has 1 fully saturated rings. The minimum atomic E-state index is -0.225. The van der Waals surface area contributed by atoms with E-state index in [9.17, 15) is 4.79 Å². The van der Waals surface area contributed by atoms with E-state index in [0.717, 1.165) is 5.70 Å². The van der Waals surface area contributed by atoms with E-state index in [1.807, 2.05) is 6.92 Å². The van der Waals surface area contributed by atoms with Crippen molar-refractivity contribution in [2.75, 3.05) is 13.2 Å². The number of carbonyl (C=O) groups excluding carboxylic acids is 1. The van der Waals surface area contributed by atoms with Crippen LogP contribution in [0.2, 0.25) is 0 Å². The summed E-state index contributed by atoms with van der Waals surface area (Å²) < 4.78 is 5.35. The molecule has 17 heavy (non-hydrogen) atoms. The maximum atomic E-state index is 11.9. The Bertz CT molecular complexity index is 360. The molecule has 1 aliphatic carbocycles. The van der Waals surface area contributed by atoms with E-state index in [4.69, 9.17) is 17.0 Å². The van der Waals surface area contributed by atoms with E-state index in [1.165, 1.54) is 25.7 Å². The Kier molecular flexibility index (Phi) is 3.99. The summed E-state index contributed by atoms with van der Waals surface area (Å²) in [6.07, 6.45) is 4.90. The lowest BCUT2D eigenvalue weighted by Crippen LogP contribution is -2.43. The lowest BCUT2D eigenvalue weighted by Gasteiger charge is -2.21. The normalized spacial score (nSPS) is 21.1. The Hall–Kier alpha value is -1.10. The lowest BCUT2D eigenvalue weighted by molar-refractivity contribution is -0.140. The van der Waals surface area contributed by atoms with Gasteiger partial charge in [0.05, 0.1) is 18.7 Å². The molecule has 94 valence electrons. The van der Waals surface area contributed by atoms with Crippen LogP contribution in [-0.2, 0) is 9.53 Å². The van der Waals surface area contributed by atoms with Gasteiger partial charge in [-0.3, -0.25) is 0 Å². The summed E-state index contributed by atoms with van der Waals surface area (Å²) in [5.74, 6) is 0.336. The SMILES string of the molecule is CC1=C(C(=O)OCC2CCCC2)CNC(=S)N1. The number of nitrogens with one attached hydrogen (secondary N) is 2. The Balaban J connectivity index is 1.86. The standard InChI is InChI=1S/C12H18N2O2S/c1-8-10(6-13-12(17)14-8)11(15)16-7-9-4-2-3-5-9/h9H,2-7H2,1H3,(H2,13,14,17). The van der Waals surface area contributed by atoms with Gasteiger partial charge < -0.3 is 15.4 Å². The van der Waals surface area contributed by atoms with Crippen molar-refractivity contribution in [1.29, 1.82) is 0 Å². The van der Waals surface area contributed by atoms with Gasteiger partial charge >= 0.3 is 5.97 Å². The Morgan fingerprint density at radius 3 is 2.82 bits per heavy atom. The third kappa shape index (κ3) is 3.19. The molecule has 1 heterocycles. The average molecular weight is 254 g/mol. The number of ether oxygens (including phenoxy) is 1. The van der Waals surface area contributed by atoms with Gasteiger partial charge in [-0.05, 0) is 37.9 Å². The molecule has 0 bridgehead atoms. The summed E-state index contributed by atoms with van der Waals surface area (Å²) in [6.45, 7) is 2.86. The Labute approximate surface area is 107 Å². The molecule has 2 aliphatic rings. The molecule has 0 atom stereocenters. The summed E-state index contributed by atoms with van der Waals surface area (Å²) in [5, 5.41) is 6.43.